The lowest BCUT2D eigenvalue weighted by Gasteiger charge is -2.23. The summed E-state index contributed by atoms with van der Waals surface area (Å²) in [6, 6.07) is 5.05. The van der Waals surface area contributed by atoms with Crippen molar-refractivity contribution in [2.24, 2.45) is 0 Å². The van der Waals surface area contributed by atoms with Crippen LogP contribution in [0.4, 0.5) is 0 Å². The van der Waals surface area contributed by atoms with Crippen LogP contribution in [0.2, 0.25) is 0 Å². The van der Waals surface area contributed by atoms with Gasteiger partial charge in [0.15, 0.2) is 0 Å². The summed E-state index contributed by atoms with van der Waals surface area (Å²) in [6.07, 6.45) is 1.72. The maximum absolute atomic E-state index is 12.3. The Morgan fingerprint density at radius 1 is 1.44 bits per heavy atom. The summed E-state index contributed by atoms with van der Waals surface area (Å²) < 4.78 is 33.4. The summed E-state index contributed by atoms with van der Waals surface area (Å²) in [5.41, 5.74) is 0.724. The Hall–Kier alpha value is -0.430. The van der Waals surface area contributed by atoms with Gasteiger partial charge in [-0.05, 0) is 37.5 Å². The van der Waals surface area contributed by atoms with Crippen LogP contribution < -0.4 is 4.72 Å². The SMILES string of the molecule is Cc1c(Br)cccc1S(=O)(=O)NC1CCCOC1. The minimum atomic E-state index is -3.47. The van der Waals surface area contributed by atoms with E-state index in [0.29, 0.717) is 18.1 Å². The van der Waals surface area contributed by atoms with Crippen molar-refractivity contribution in [3.05, 3.63) is 28.2 Å². The van der Waals surface area contributed by atoms with E-state index in [0.717, 1.165) is 22.9 Å². The second-order valence-electron chi connectivity index (χ2n) is 4.40. The Morgan fingerprint density at radius 3 is 2.89 bits per heavy atom. The van der Waals surface area contributed by atoms with Gasteiger partial charge in [0.25, 0.3) is 0 Å². The van der Waals surface area contributed by atoms with Crippen molar-refractivity contribution >= 4 is 26.0 Å². The van der Waals surface area contributed by atoms with Gasteiger partial charge in [-0.2, -0.15) is 0 Å². The molecule has 0 radical (unpaired) electrons. The van der Waals surface area contributed by atoms with Gasteiger partial charge in [-0.1, -0.05) is 22.0 Å². The topological polar surface area (TPSA) is 55.4 Å². The highest BCUT2D eigenvalue weighted by atomic mass is 79.9. The van der Waals surface area contributed by atoms with E-state index in [9.17, 15) is 8.42 Å². The third-order valence-corrected chi connectivity index (χ3v) is 5.51. The number of halogens is 1. The van der Waals surface area contributed by atoms with Crippen LogP contribution in [0.5, 0.6) is 0 Å². The highest BCUT2D eigenvalue weighted by Gasteiger charge is 2.23. The molecular formula is C12H16BrNO3S. The molecule has 1 aromatic rings. The molecular weight excluding hydrogens is 318 g/mol. The van der Waals surface area contributed by atoms with Gasteiger partial charge in [0.1, 0.15) is 0 Å². The van der Waals surface area contributed by atoms with Gasteiger partial charge in [-0.25, -0.2) is 13.1 Å². The van der Waals surface area contributed by atoms with Gasteiger partial charge in [0.05, 0.1) is 11.5 Å². The van der Waals surface area contributed by atoms with Crippen molar-refractivity contribution in [2.75, 3.05) is 13.2 Å². The number of ether oxygens (including phenoxy) is 1. The molecule has 1 aliphatic heterocycles. The molecule has 0 amide bonds. The lowest BCUT2D eigenvalue weighted by atomic mass is 10.1. The molecule has 0 aliphatic carbocycles. The second kappa shape index (κ2) is 5.69. The molecule has 1 aliphatic rings. The highest BCUT2D eigenvalue weighted by molar-refractivity contribution is 9.10. The van der Waals surface area contributed by atoms with Crippen LogP contribution in [-0.4, -0.2) is 27.7 Å². The van der Waals surface area contributed by atoms with Crippen molar-refractivity contribution in [3.8, 4) is 0 Å². The zero-order valence-electron chi connectivity index (χ0n) is 10.1. The van der Waals surface area contributed by atoms with Crippen LogP contribution in [0, 0.1) is 6.92 Å². The minimum absolute atomic E-state index is 0.123. The van der Waals surface area contributed by atoms with Crippen LogP contribution in [0.3, 0.4) is 0 Å². The van der Waals surface area contributed by atoms with E-state index in [1.165, 1.54) is 0 Å². The Kier molecular flexibility index (Phi) is 4.42. The van der Waals surface area contributed by atoms with E-state index in [1.807, 2.05) is 6.07 Å². The Bertz CT molecular complexity index is 524. The molecule has 1 heterocycles. The summed E-state index contributed by atoms with van der Waals surface area (Å²) in [7, 11) is -3.47. The molecule has 2 rings (SSSR count). The predicted molar refractivity (Wildman–Crippen MR) is 73.0 cm³/mol. The first-order chi connectivity index (χ1) is 8.50. The molecule has 0 spiro atoms. The molecule has 1 N–H and O–H groups in total. The molecule has 0 aromatic heterocycles. The fraction of sp³-hybridized carbons (Fsp3) is 0.500. The first kappa shape index (κ1) is 14.0. The first-order valence-corrected chi connectivity index (χ1v) is 8.13. The van der Waals surface area contributed by atoms with Crippen LogP contribution in [0.1, 0.15) is 18.4 Å². The maximum Gasteiger partial charge on any atom is 0.241 e. The molecule has 18 heavy (non-hydrogen) atoms. The van der Waals surface area contributed by atoms with Crippen LogP contribution in [0.25, 0.3) is 0 Å². The highest BCUT2D eigenvalue weighted by Crippen LogP contribution is 2.23. The molecule has 1 atom stereocenters. The third-order valence-electron chi connectivity index (χ3n) is 2.99. The maximum atomic E-state index is 12.3. The van der Waals surface area contributed by atoms with E-state index < -0.39 is 10.0 Å². The zero-order chi connectivity index (χ0) is 13.2. The van der Waals surface area contributed by atoms with Crippen molar-refractivity contribution in [3.63, 3.8) is 0 Å². The average Bonchev–Trinajstić information content (AvgIpc) is 2.33. The summed E-state index contributed by atoms with van der Waals surface area (Å²) in [5.74, 6) is 0. The number of benzene rings is 1. The molecule has 1 fully saturated rings. The van der Waals surface area contributed by atoms with E-state index >= 15 is 0 Å². The molecule has 1 unspecified atom stereocenters. The van der Waals surface area contributed by atoms with Crippen molar-refractivity contribution in [1.29, 1.82) is 0 Å². The standard InChI is InChI=1S/C12H16BrNO3S/c1-9-11(13)5-2-6-12(9)18(15,16)14-10-4-3-7-17-8-10/h2,5-6,10,14H,3-4,7-8H2,1H3. The van der Waals surface area contributed by atoms with E-state index in [4.69, 9.17) is 4.74 Å². The van der Waals surface area contributed by atoms with Crippen molar-refractivity contribution in [1.82, 2.24) is 4.72 Å². The monoisotopic (exact) mass is 333 g/mol. The molecule has 0 saturated carbocycles. The Labute approximate surface area is 116 Å². The smallest absolute Gasteiger partial charge is 0.241 e. The molecule has 0 bridgehead atoms. The normalized spacial score (nSPS) is 20.9. The first-order valence-electron chi connectivity index (χ1n) is 5.86. The second-order valence-corrected chi connectivity index (χ2v) is 6.94. The van der Waals surface area contributed by atoms with Gasteiger partial charge in [-0.15, -0.1) is 0 Å². The predicted octanol–water partition coefficient (Wildman–Crippen LogP) is 2.21. The minimum Gasteiger partial charge on any atom is -0.380 e. The average molecular weight is 334 g/mol. The Morgan fingerprint density at radius 2 is 2.22 bits per heavy atom. The van der Waals surface area contributed by atoms with Gasteiger partial charge >= 0.3 is 0 Å². The van der Waals surface area contributed by atoms with Crippen LogP contribution in [-0.2, 0) is 14.8 Å². The fourth-order valence-electron chi connectivity index (χ4n) is 2.00. The molecule has 1 aromatic carbocycles. The lowest BCUT2D eigenvalue weighted by Crippen LogP contribution is -2.40. The molecule has 1 saturated heterocycles. The number of hydrogen-bond acceptors (Lipinski definition) is 3. The van der Waals surface area contributed by atoms with E-state index in [2.05, 4.69) is 20.7 Å². The Balaban J connectivity index is 2.22. The van der Waals surface area contributed by atoms with Gasteiger partial charge in [0.2, 0.25) is 10.0 Å². The molecule has 6 heteroatoms. The summed E-state index contributed by atoms with van der Waals surface area (Å²) >= 11 is 3.35. The molecule has 4 nitrogen and oxygen atoms in total. The van der Waals surface area contributed by atoms with E-state index in [1.54, 1.807) is 19.1 Å². The summed E-state index contributed by atoms with van der Waals surface area (Å²) in [5, 5.41) is 0. The summed E-state index contributed by atoms with van der Waals surface area (Å²) in [6.45, 7) is 2.95. The van der Waals surface area contributed by atoms with Crippen molar-refractivity contribution < 1.29 is 13.2 Å². The van der Waals surface area contributed by atoms with Gasteiger partial charge in [-0.3, -0.25) is 0 Å². The number of hydrogen-bond donors (Lipinski definition) is 1. The fourth-order valence-corrected chi connectivity index (χ4v) is 4.02. The van der Waals surface area contributed by atoms with Crippen LogP contribution in [0.15, 0.2) is 27.6 Å². The zero-order valence-corrected chi connectivity index (χ0v) is 12.6. The lowest BCUT2D eigenvalue weighted by molar-refractivity contribution is 0.0774. The number of rotatable bonds is 3. The number of nitrogens with one attached hydrogen (secondary N) is 1. The third kappa shape index (κ3) is 3.12. The van der Waals surface area contributed by atoms with Crippen LogP contribution >= 0.6 is 15.9 Å². The largest absolute Gasteiger partial charge is 0.380 e. The van der Waals surface area contributed by atoms with Gasteiger partial charge < -0.3 is 4.74 Å². The molecule has 100 valence electrons. The van der Waals surface area contributed by atoms with E-state index in [-0.39, 0.29) is 6.04 Å². The van der Waals surface area contributed by atoms with Crippen molar-refractivity contribution in [2.45, 2.75) is 30.7 Å². The van der Waals surface area contributed by atoms with Gasteiger partial charge in [0, 0.05) is 17.1 Å². The number of sulfonamides is 1. The quantitative estimate of drug-likeness (QED) is 0.922. The summed E-state index contributed by atoms with van der Waals surface area (Å²) in [4.78, 5) is 0.322.